The van der Waals surface area contributed by atoms with E-state index in [0.717, 1.165) is 5.69 Å². The predicted octanol–water partition coefficient (Wildman–Crippen LogP) is 0.641. The monoisotopic (exact) mass is 255 g/mol. The van der Waals surface area contributed by atoms with Crippen molar-refractivity contribution in [3.05, 3.63) is 11.9 Å². The third-order valence-corrected chi connectivity index (χ3v) is 2.86. The zero-order chi connectivity index (χ0) is 13.8. The van der Waals surface area contributed by atoms with Crippen LogP contribution in [0.15, 0.2) is 6.20 Å². The third-order valence-electron chi connectivity index (χ3n) is 2.86. The Morgan fingerprint density at radius 3 is 2.56 bits per heavy atom. The summed E-state index contributed by atoms with van der Waals surface area (Å²) in [4.78, 5) is 0. The van der Waals surface area contributed by atoms with Crippen LogP contribution in [0.5, 0.6) is 0 Å². The van der Waals surface area contributed by atoms with Crippen LogP contribution >= 0.6 is 0 Å². The fourth-order valence-corrected chi connectivity index (χ4v) is 2.12. The van der Waals surface area contributed by atoms with Gasteiger partial charge >= 0.3 is 0 Å². The number of hydrogen-bond acceptors (Lipinski definition) is 5. The summed E-state index contributed by atoms with van der Waals surface area (Å²) in [5.74, 6) is 5.67. The average Bonchev–Trinajstić information content (AvgIpc) is 2.67. The van der Waals surface area contributed by atoms with Gasteiger partial charge in [-0.05, 0) is 12.3 Å². The Bertz CT molecular complexity index is 358. The van der Waals surface area contributed by atoms with E-state index in [0.29, 0.717) is 13.0 Å². The van der Waals surface area contributed by atoms with Gasteiger partial charge in [0, 0.05) is 26.3 Å². The van der Waals surface area contributed by atoms with Crippen LogP contribution < -0.4 is 11.3 Å². The van der Waals surface area contributed by atoms with E-state index in [-0.39, 0.29) is 17.6 Å². The smallest absolute Gasteiger partial charge is 0.0844 e. The fourth-order valence-electron chi connectivity index (χ4n) is 2.12. The summed E-state index contributed by atoms with van der Waals surface area (Å²) >= 11 is 0. The Morgan fingerprint density at radius 1 is 1.50 bits per heavy atom. The van der Waals surface area contributed by atoms with Crippen LogP contribution in [0.3, 0.4) is 0 Å². The van der Waals surface area contributed by atoms with E-state index < -0.39 is 0 Å². The second-order valence-corrected chi connectivity index (χ2v) is 5.60. The van der Waals surface area contributed by atoms with Crippen molar-refractivity contribution < 1.29 is 4.74 Å². The molecule has 0 aliphatic heterocycles. The largest absolute Gasteiger partial charge is 0.376 e. The summed E-state index contributed by atoms with van der Waals surface area (Å²) in [5.41, 5.74) is 3.77. The second kappa shape index (κ2) is 6.26. The number of nitrogens with two attached hydrogens (primary N) is 1. The number of aromatic nitrogens is 3. The Morgan fingerprint density at radius 2 is 2.17 bits per heavy atom. The van der Waals surface area contributed by atoms with Crippen molar-refractivity contribution in [2.75, 3.05) is 6.61 Å². The Balaban J connectivity index is 2.79. The fraction of sp³-hybridized carbons (Fsp3) is 0.833. The van der Waals surface area contributed by atoms with Gasteiger partial charge in [0.15, 0.2) is 0 Å². The minimum Gasteiger partial charge on any atom is -0.376 e. The first-order valence-corrected chi connectivity index (χ1v) is 6.31. The molecule has 0 saturated carbocycles. The molecule has 18 heavy (non-hydrogen) atoms. The van der Waals surface area contributed by atoms with E-state index >= 15 is 0 Å². The molecule has 1 rings (SSSR count). The molecule has 0 spiro atoms. The van der Waals surface area contributed by atoms with Gasteiger partial charge < -0.3 is 4.74 Å². The predicted molar refractivity (Wildman–Crippen MR) is 70.7 cm³/mol. The maximum atomic E-state index is 5.84. The maximum Gasteiger partial charge on any atom is 0.0844 e. The number of nitrogens with zero attached hydrogens (tertiary/aromatic N) is 3. The lowest BCUT2D eigenvalue weighted by Gasteiger charge is -2.36. The van der Waals surface area contributed by atoms with E-state index in [4.69, 9.17) is 10.6 Å². The van der Waals surface area contributed by atoms with Gasteiger partial charge in [-0.2, -0.15) is 0 Å². The molecule has 104 valence electrons. The lowest BCUT2D eigenvalue weighted by atomic mass is 9.83. The molecule has 0 fully saturated rings. The third kappa shape index (κ3) is 4.04. The van der Waals surface area contributed by atoms with E-state index in [9.17, 15) is 0 Å². The van der Waals surface area contributed by atoms with Crippen molar-refractivity contribution in [3.8, 4) is 0 Å². The highest BCUT2D eigenvalue weighted by Crippen LogP contribution is 2.26. The number of hydrazine groups is 1. The summed E-state index contributed by atoms with van der Waals surface area (Å²) in [6.45, 7) is 9.10. The van der Waals surface area contributed by atoms with Crippen LogP contribution in [0.2, 0.25) is 0 Å². The number of ether oxygens (including phenoxy) is 1. The van der Waals surface area contributed by atoms with Gasteiger partial charge in [-0.25, -0.2) is 0 Å². The topological polar surface area (TPSA) is 78.0 Å². The molecule has 1 heterocycles. The highest BCUT2D eigenvalue weighted by atomic mass is 16.5. The number of rotatable bonds is 6. The molecule has 0 aliphatic rings. The lowest BCUT2D eigenvalue weighted by Crippen LogP contribution is -2.52. The van der Waals surface area contributed by atoms with Gasteiger partial charge in [0.05, 0.1) is 17.8 Å². The molecule has 2 atom stereocenters. The summed E-state index contributed by atoms with van der Waals surface area (Å²) in [6, 6.07) is 0.0154. The van der Waals surface area contributed by atoms with Crippen molar-refractivity contribution >= 4 is 0 Å². The van der Waals surface area contributed by atoms with Crippen molar-refractivity contribution in [1.82, 2.24) is 20.4 Å². The Hall–Kier alpha value is -0.980. The molecule has 1 aromatic rings. The quantitative estimate of drug-likeness (QED) is 0.576. The Labute approximate surface area is 109 Å². The molecular weight excluding hydrogens is 230 g/mol. The van der Waals surface area contributed by atoms with Gasteiger partial charge in [0.1, 0.15) is 0 Å². The van der Waals surface area contributed by atoms with Crippen molar-refractivity contribution in [2.24, 2.45) is 18.3 Å². The van der Waals surface area contributed by atoms with Gasteiger partial charge in [-0.1, -0.05) is 26.0 Å². The first-order valence-electron chi connectivity index (χ1n) is 6.31. The highest BCUT2D eigenvalue weighted by molar-refractivity contribution is 4.99. The average molecular weight is 255 g/mol. The molecule has 1 aromatic heterocycles. The standard InChI is InChI=1S/C12H25N5O/c1-6-18-11(12(2,3)4)10(14-13)7-9-8-17(5)16-15-9/h8,10-11,14H,6-7,13H2,1-5H3. The highest BCUT2D eigenvalue weighted by Gasteiger charge is 2.33. The Kier molecular flexibility index (Phi) is 5.25. The van der Waals surface area contributed by atoms with E-state index in [1.165, 1.54) is 0 Å². The second-order valence-electron chi connectivity index (χ2n) is 5.60. The molecular formula is C12H25N5O. The minimum absolute atomic E-state index is 0.00918. The molecule has 6 nitrogen and oxygen atoms in total. The van der Waals surface area contributed by atoms with Gasteiger partial charge in [-0.3, -0.25) is 16.0 Å². The molecule has 0 bridgehead atoms. The van der Waals surface area contributed by atoms with Gasteiger partial charge in [0.25, 0.3) is 0 Å². The molecule has 0 aromatic carbocycles. The number of nitrogens with one attached hydrogen (secondary N) is 1. The molecule has 6 heteroatoms. The van der Waals surface area contributed by atoms with Gasteiger partial charge in [0.2, 0.25) is 0 Å². The summed E-state index contributed by atoms with van der Waals surface area (Å²) in [7, 11) is 1.85. The van der Waals surface area contributed by atoms with Crippen LogP contribution in [0.1, 0.15) is 33.4 Å². The molecule has 0 saturated heterocycles. The first kappa shape index (κ1) is 15.1. The molecule has 2 unspecified atom stereocenters. The zero-order valence-corrected chi connectivity index (χ0v) is 12.0. The number of hydrogen-bond donors (Lipinski definition) is 2. The van der Waals surface area contributed by atoms with E-state index in [2.05, 4.69) is 36.5 Å². The summed E-state index contributed by atoms with van der Waals surface area (Å²) in [5, 5.41) is 8.02. The normalized spacial score (nSPS) is 15.7. The van der Waals surface area contributed by atoms with Crippen molar-refractivity contribution in [3.63, 3.8) is 0 Å². The minimum atomic E-state index is 0.00918. The molecule has 0 aliphatic carbocycles. The lowest BCUT2D eigenvalue weighted by molar-refractivity contribution is -0.0358. The van der Waals surface area contributed by atoms with E-state index in [1.54, 1.807) is 4.68 Å². The van der Waals surface area contributed by atoms with Crippen LogP contribution in [-0.2, 0) is 18.2 Å². The van der Waals surface area contributed by atoms with Crippen molar-refractivity contribution in [2.45, 2.75) is 46.3 Å². The van der Waals surface area contributed by atoms with Crippen LogP contribution in [0, 0.1) is 5.41 Å². The van der Waals surface area contributed by atoms with Gasteiger partial charge in [-0.15, -0.1) is 5.10 Å². The van der Waals surface area contributed by atoms with Crippen molar-refractivity contribution in [1.29, 1.82) is 0 Å². The zero-order valence-electron chi connectivity index (χ0n) is 12.0. The molecule has 0 radical (unpaired) electrons. The maximum absolute atomic E-state index is 5.84. The summed E-state index contributed by atoms with van der Waals surface area (Å²) in [6.07, 6.45) is 2.62. The van der Waals surface area contributed by atoms with Crippen LogP contribution in [-0.4, -0.2) is 33.7 Å². The van der Waals surface area contributed by atoms with Crippen LogP contribution in [0.4, 0.5) is 0 Å². The molecule has 3 N–H and O–H groups in total. The number of aryl methyl sites for hydroxylation is 1. The first-order chi connectivity index (χ1) is 8.38. The SMILES string of the molecule is CCOC(C(Cc1cn(C)nn1)NN)C(C)(C)C. The van der Waals surface area contributed by atoms with Crippen LogP contribution in [0.25, 0.3) is 0 Å². The van der Waals surface area contributed by atoms with E-state index in [1.807, 2.05) is 20.2 Å². The summed E-state index contributed by atoms with van der Waals surface area (Å²) < 4.78 is 7.53. The molecule has 0 amide bonds.